The van der Waals surface area contributed by atoms with E-state index in [1.165, 1.54) is 18.2 Å². The smallest absolute Gasteiger partial charge is 0.406 e. The summed E-state index contributed by atoms with van der Waals surface area (Å²) in [5.41, 5.74) is 0.0541. The largest absolute Gasteiger partial charge is 0.573 e. The third kappa shape index (κ3) is 6.16. The number of nitrogens with one attached hydrogen (secondary N) is 3. The van der Waals surface area contributed by atoms with Crippen molar-refractivity contribution in [3.05, 3.63) is 18.2 Å². The van der Waals surface area contributed by atoms with Gasteiger partial charge in [0, 0.05) is 25.5 Å². The number of benzene rings is 1. The maximum absolute atomic E-state index is 12.9. The summed E-state index contributed by atoms with van der Waals surface area (Å²) in [4.78, 5) is 41.0. The van der Waals surface area contributed by atoms with Crippen LogP contribution in [0.4, 0.5) is 18.3 Å². The van der Waals surface area contributed by atoms with Gasteiger partial charge in [-0.1, -0.05) is 30.6 Å². The monoisotopic (exact) mass is 498 g/mol. The number of hydrogen-bond acceptors (Lipinski definition) is 6. The van der Waals surface area contributed by atoms with Crippen LogP contribution in [0.25, 0.3) is 10.2 Å². The number of ether oxygens (including phenoxy) is 1. The van der Waals surface area contributed by atoms with Crippen LogP contribution >= 0.6 is 11.3 Å². The lowest BCUT2D eigenvalue weighted by Crippen LogP contribution is -2.47. The molecule has 1 aromatic carbocycles. The van der Waals surface area contributed by atoms with E-state index in [0.29, 0.717) is 29.6 Å². The first-order chi connectivity index (χ1) is 16.1. The highest BCUT2D eigenvalue weighted by Gasteiger charge is 2.36. The Morgan fingerprint density at radius 1 is 1.24 bits per heavy atom. The SMILES string of the molecule is O=C(CC1(CNC(=O)[C@H]2CCC(=O)N2)CCCCC1)Nc1nc2ccc(OC(F)(F)F)cc2s1. The highest BCUT2D eigenvalue weighted by molar-refractivity contribution is 7.22. The molecule has 12 heteroatoms. The van der Waals surface area contributed by atoms with Gasteiger partial charge in [-0.15, -0.1) is 13.2 Å². The fourth-order valence-electron chi connectivity index (χ4n) is 4.59. The summed E-state index contributed by atoms with van der Waals surface area (Å²) < 4.78 is 41.8. The first-order valence-electron chi connectivity index (χ1n) is 11.1. The fraction of sp³-hybridized carbons (Fsp3) is 0.545. The van der Waals surface area contributed by atoms with Gasteiger partial charge in [0.25, 0.3) is 0 Å². The van der Waals surface area contributed by atoms with E-state index in [2.05, 4.69) is 25.7 Å². The van der Waals surface area contributed by atoms with Crippen molar-refractivity contribution in [1.29, 1.82) is 0 Å². The molecule has 1 aliphatic carbocycles. The highest BCUT2D eigenvalue weighted by Crippen LogP contribution is 2.39. The van der Waals surface area contributed by atoms with E-state index >= 15 is 0 Å². The van der Waals surface area contributed by atoms with E-state index in [1.807, 2.05) is 0 Å². The van der Waals surface area contributed by atoms with Gasteiger partial charge < -0.3 is 20.7 Å². The number of anilines is 1. The summed E-state index contributed by atoms with van der Waals surface area (Å²) in [7, 11) is 0. The third-order valence-corrected chi connectivity index (χ3v) is 7.17. The van der Waals surface area contributed by atoms with Crippen LogP contribution in [0.2, 0.25) is 0 Å². The minimum absolute atomic E-state index is 0.139. The summed E-state index contributed by atoms with van der Waals surface area (Å²) in [6.45, 7) is 0.337. The molecule has 2 heterocycles. The number of amides is 3. The fourth-order valence-corrected chi connectivity index (χ4v) is 5.50. The molecule has 3 N–H and O–H groups in total. The maximum atomic E-state index is 12.9. The van der Waals surface area contributed by atoms with Crippen LogP contribution in [0, 0.1) is 5.41 Å². The average molecular weight is 499 g/mol. The second kappa shape index (κ2) is 9.77. The first-order valence-corrected chi connectivity index (χ1v) is 12.0. The van der Waals surface area contributed by atoms with E-state index in [1.54, 1.807) is 0 Å². The highest BCUT2D eigenvalue weighted by atomic mass is 32.1. The molecule has 1 saturated carbocycles. The van der Waals surface area contributed by atoms with Crippen LogP contribution in [0.15, 0.2) is 18.2 Å². The number of fused-ring (bicyclic) bond motifs is 1. The quantitative estimate of drug-likeness (QED) is 0.537. The van der Waals surface area contributed by atoms with Gasteiger partial charge in [-0.3, -0.25) is 14.4 Å². The van der Waals surface area contributed by atoms with E-state index in [-0.39, 0.29) is 35.0 Å². The zero-order valence-electron chi connectivity index (χ0n) is 18.3. The first kappa shape index (κ1) is 24.2. The summed E-state index contributed by atoms with van der Waals surface area (Å²) in [5.74, 6) is -0.993. The second-order valence-electron chi connectivity index (χ2n) is 8.86. The molecule has 0 unspecified atom stereocenters. The Labute approximate surface area is 197 Å². The maximum Gasteiger partial charge on any atom is 0.573 e. The standard InChI is InChI=1S/C22H25F3N4O4S/c23-22(24,25)33-13-4-5-14-16(10-13)34-20(28-14)29-18(31)11-21(8-2-1-3-9-21)12-26-19(32)15-6-7-17(30)27-15/h4-5,10,15H,1-3,6-9,11-12H2,(H,26,32)(H,27,30)(H,28,29,31)/t15-/m1/s1. The van der Waals surface area contributed by atoms with Crippen molar-refractivity contribution in [2.45, 2.75) is 63.8 Å². The van der Waals surface area contributed by atoms with Crippen molar-refractivity contribution >= 4 is 44.4 Å². The minimum atomic E-state index is -4.79. The van der Waals surface area contributed by atoms with Gasteiger partial charge >= 0.3 is 6.36 Å². The lowest BCUT2D eigenvalue weighted by molar-refractivity contribution is -0.274. The third-order valence-electron chi connectivity index (χ3n) is 6.24. The van der Waals surface area contributed by atoms with Gasteiger partial charge in [0.1, 0.15) is 11.8 Å². The minimum Gasteiger partial charge on any atom is -0.406 e. The molecule has 1 atom stereocenters. The Morgan fingerprint density at radius 3 is 2.68 bits per heavy atom. The molecule has 3 amide bonds. The molecule has 4 rings (SSSR count). The average Bonchev–Trinajstić information content (AvgIpc) is 3.36. The van der Waals surface area contributed by atoms with E-state index in [4.69, 9.17) is 0 Å². The van der Waals surface area contributed by atoms with Crippen LogP contribution in [-0.4, -0.2) is 41.7 Å². The number of carbonyl (C=O) groups is 3. The topological polar surface area (TPSA) is 109 Å². The number of nitrogens with zero attached hydrogens (tertiary/aromatic N) is 1. The Bertz CT molecular complexity index is 1080. The van der Waals surface area contributed by atoms with Crippen molar-refractivity contribution in [2.24, 2.45) is 5.41 Å². The summed E-state index contributed by atoms with van der Waals surface area (Å²) in [6, 6.07) is 3.28. The molecule has 1 aliphatic heterocycles. The van der Waals surface area contributed by atoms with Crippen LogP contribution < -0.4 is 20.7 Å². The Balaban J connectivity index is 1.39. The molecule has 1 aromatic heterocycles. The second-order valence-corrected chi connectivity index (χ2v) is 9.89. The predicted molar refractivity (Wildman–Crippen MR) is 119 cm³/mol. The number of rotatable bonds is 7. The van der Waals surface area contributed by atoms with E-state index in [0.717, 1.165) is 43.4 Å². The lowest BCUT2D eigenvalue weighted by Gasteiger charge is -2.37. The molecule has 0 spiro atoms. The molecule has 184 valence electrons. The number of halogens is 3. The molecule has 34 heavy (non-hydrogen) atoms. The molecule has 1 saturated heterocycles. The van der Waals surface area contributed by atoms with Crippen molar-refractivity contribution in [1.82, 2.24) is 15.6 Å². The van der Waals surface area contributed by atoms with Gasteiger partial charge in [0.2, 0.25) is 17.7 Å². The number of carbonyl (C=O) groups excluding carboxylic acids is 3. The number of aromatic nitrogens is 1. The van der Waals surface area contributed by atoms with E-state index < -0.39 is 17.8 Å². The molecular weight excluding hydrogens is 473 g/mol. The predicted octanol–water partition coefficient (Wildman–Crippen LogP) is 3.87. The molecular formula is C22H25F3N4O4S. The van der Waals surface area contributed by atoms with Gasteiger partial charge in [-0.25, -0.2) is 4.98 Å². The van der Waals surface area contributed by atoms with Gasteiger partial charge in [-0.05, 0) is 36.8 Å². The molecule has 2 aliphatic rings. The van der Waals surface area contributed by atoms with Crippen LogP contribution in [-0.2, 0) is 14.4 Å². The van der Waals surface area contributed by atoms with Crippen molar-refractivity contribution in [3.63, 3.8) is 0 Å². The Kier molecular flexibility index (Phi) is 6.96. The molecule has 2 aromatic rings. The molecule has 2 fully saturated rings. The zero-order valence-corrected chi connectivity index (χ0v) is 19.1. The van der Waals surface area contributed by atoms with Gasteiger partial charge in [0.05, 0.1) is 10.2 Å². The summed E-state index contributed by atoms with van der Waals surface area (Å²) >= 11 is 1.06. The van der Waals surface area contributed by atoms with Gasteiger partial charge in [0.15, 0.2) is 5.13 Å². The van der Waals surface area contributed by atoms with Crippen molar-refractivity contribution < 1.29 is 32.3 Å². The molecule has 8 nitrogen and oxygen atoms in total. The van der Waals surface area contributed by atoms with Crippen LogP contribution in [0.5, 0.6) is 5.75 Å². The Morgan fingerprint density at radius 2 is 2.00 bits per heavy atom. The van der Waals surface area contributed by atoms with Crippen LogP contribution in [0.3, 0.4) is 0 Å². The van der Waals surface area contributed by atoms with Gasteiger partial charge in [-0.2, -0.15) is 0 Å². The molecule has 0 bridgehead atoms. The number of thiazole rings is 1. The Hall–Kier alpha value is -2.89. The van der Waals surface area contributed by atoms with Crippen molar-refractivity contribution in [2.75, 3.05) is 11.9 Å². The van der Waals surface area contributed by atoms with Crippen LogP contribution in [0.1, 0.15) is 51.4 Å². The molecule has 0 radical (unpaired) electrons. The van der Waals surface area contributed by atoms with Crippen molar-refractivity contribution in [3.8, 4) is 5.75 Å². The number of alkyl halides is 3. The lowest BCUT2D eigenvalue weighted by atomic mass is 9.71. The summed E-state index contributed by atoms with van der Waals surface area (Å²) in [6.07, 6.45) is 0.731. The normalized spacial score (nSPS) is 20.1. The number of hydrogen-bond donors (Lipinski definition) is 3. The van der Waals surface area contributed by atoms with E-state index in [9.17, 15) is 27.6 Å². The summed E-state index contributed by atoms with van der Waals surface area (Å²) in [5, 5.41) is 8.61. The zero-order chi connectivity index (χ0) is 24.3.